The van der Waals surface area contributed by atoms with Gasteiger partial charge in [0.1, 0.15) is 17.2 Å². The standard InChI is InChI=1S/C12H13F2IO2/c13-9-1-2-10(11(14)3-9)12(7-15)4-8(5-16)6-17-12/h1-3,8,16H,4-7H2/t8-,12+/m0/s1. The van der Waals surface area contributed by atoms with Gasteiger partial charge in [0.2, 0.25) is 0 Å². The lowest BCUT2D eigenvalue weighted by Crippen LogP contribution is -2.28. The van der Waals surface area contributed by atoms with E-state index >= 15 is 0 Å². The lowest BCUT2D eigenvalue weighted by atomic mass is 9.89. The number of alkyl halides is 1. The molecule has 2 nitrogen and oxygen atoms in total. The number of halogens is 3. The molecule has 1 saturated heterocycles. The fourth-order valence-corrected chi connectivity index (χ4v) is 3.13. The summed E-state index contributed by atoms with van der Waals surface area (Å²) in [5, 5.41) is 9.12. The molecule has 0 unspecified atom stereocenters. The first-order chi connectivity index (χ1) is 8.11. The van der Waals surface area contributed by atoms with Gasteiger partial charge in [-0.05, 0) is 12.5 Å². The van der Waals surface area contributed by atoms with Crippen LogP contribution in [0, 0.1) is 17.6 Å². The minimum absolute atomic E-state index is 0.0224. The summed E-state index contributed by atoms with van der Waals surface area (Å²) in [6.07, 6.45) is 0.564. The van der Waals surface area contributed by atoms with Gasteiger partial charge in [-0.25, -0.2) is 8.78 Å². The predicted molar refractivity (Wildman–Crippen MR) is 68.1 cm³/mol. The number of benzene rings is 1. The van der Waals surface area contributed by atoms with Gasteiger partial charge in [0.05, 0.1) is 6.61 Å². The molecule has 0 radical (unpaired) electrons. The van der Waals surface area contributed by atoms with Crippen LogP contribution in [-0.2, 0) is 10.3 Å². The molecule has 1 N–H and O–H groups in total. The fraction of sp³-hybridized carbons (Fsp3) is 0.500. The van der Waals surface area contributed by atoms with Crippen LogP contribution in [0.2, 0.25) is 0 Å². The van der Waals surface area contributed by atoms with Crippen molar-refractivity contribution in [1.29, 1.82) is 0 Å². The third-order valence-electron chi connectivity index (χ3n) is 3.11. The van der Waals surface area contributed by atoms with Gasteiger partial charge >= 0.3 is 0 Å². The van der Waals surface area contributed by atoms with E-state index in [9.17, 15) is 8.78 Å². The number of hydrogen-bond donors (Lipinski definition) is 1. The van der Waals surface area contributed by atoms with E-state index in [1.807, 2.05) is 0 Å². The predicted octanol–water partition coefficient (Wildman–Crippen LogP) is 2.62. The zero-order chi connectivity index (χ0) is 12.5. The van der Waals surface area contributed by atoms with Crippen molar-refractivity contribution in [2.75, 3.05) is 17.6 Å². The Labute approximate surface area is 112 Å². The third kappa shape index (κ3) is 2.46. The average molecular weight is 354 g/mol. The molecule has 1 aromatic carbocycles. The van der Waals surface area contributed by atoms with E-state index in [-0.39, 0.29) is 12.5 Å². The first-order valence-electron chi connectivity index (χ1n) is 5.37. The van der Waals surface area contributed by atoms with Crippen molar-refractivity contribution in [3.8, 4) is 0 Å². The molecule has 1 aliphatic heterocycles. The molecule has 0 bridgehead atoms. The number of rotatable bonds is 3. The Bertz CT molecular complexity index is 413. The molecule has 0 aromatic heterocycles. The number of ether oxygens (including phenoxy) is 1. The summed E-state index contributed by atoms with van der Waals surface area (Å²) >= 11 is 2.13. The molecule has 1 aliphatic rings. The average Bonchev–Trinajstić information content (AvgIpc) is 2.74. The molecule has 17 heavy (non-hydrogen) atoms. The Morgan fingerprint density at radius 1 is 1.47 bits per heavy atom. The number of hydrogen-bond acceptors (Lipinski definition) is 2. The van der Waals surface area contributed by atoms with Crippen LogP contribution in [0.5, 0.6) is 0 Å². The monoisotopic (exact) mass is 354 g/mol. The van der Waals surface area contributed by atoms with Gasteiger partial charge < -0.3 is 9.84 Å². The summed E-state index contributed by atoms with van der Waals surface area (Å²) in [6, 6.07) is 3.55. The Hall–Kier alpha value is -0.270. The largest absolute Gasteiger partial charge is 0.396 e. The zero-order valence-corrected chi connectivity index (χ0v) is 11.3. The van der Waals surface area contributed by atoms with Crippen molar-refractivity contribution in [2.24, 2.45) is 5.92 Å². The summed E-state index contributed by atoms with van der Waals surface area (Å²) in [5.41, 5.74) is -0.351. The Balaban J connectivity index is 2.35. The first kappa shape index (κ1) is 13.2. The van der Waals surface area contributed by atoms with Gasteiger partial charge in [-0.1, -0.05) is 28.7 Å². The Morgan fingerprint density at radius 2 is 2.24 bits per heavy atom. The molecule has 0 spiro atoms. The van der Waals surface area contributed by atoms with Crippen molar-refractivity contribution in [3.05, 3.63) is 35.4 Å². The van der Waals surface area contributed by atoms with E-state index in [1.165, 1.54) is 12.1 Å². The molecule has 2 atom stereocenters. The highest BCUT2D eigenvalue weighted by molar-refractivity contribution is 14.1. The molecule has 1 fully saturated rings. The second kappa shape index (κ2) is 5.16. The second-order valence-corrected chi connectivity index (χ2v) is 5.08. The van der Waals surface area contributed by atoms with Crippen LogP contribution in [0.15, 0.2) is 18.2 Å². The number of aliphatic hydroxyl groups excluding tert-OH is 1. The minimum Gasteiger partial charge on any atom is -0.396 e. The van der Waals surface area contributed by atoms with Crippen LogP contribution < -0.4 is 0 Å². The molecule has 0 amide bonds. The van der Waals surface area contributed by atoms with Gasteiger partial charge in [0.15, 0.2) is 0 Å². The maximum Gasteiger partial charge on any atom is 0.132 e. The van der Waals surface area contributed by atoms with Crippen LogP contribution in [0.4, 0.5) is 8.78 Å². The highest BCUT2D eigenvalue weighted by atomic mass is 127. The molecule has 1 aromatic rings. The van der Waals surface area contributed by atoms with E-state index in [2.05, 4.69) is 22.6 Å². The molecule has 1 heterocycles. The van der Waals surface area contributed by atoms with Gasteiger partial charge in [-0.2, -0.15) is 0 Å². The topological polar surface area (TPSA) is 29.5 Å². The molecular formula is C12H13F2IO2. The van der Waals surface area contributed by atoms with E-state index < -0.39 is 17.2 Å². The van der Waals surface area contributed by atoms with Crippen LogP contribution in [-0.4, -0.2) is 22.7 Å². The van der Waals surface area contributed by atoms with Crippen LogP contribution >= 0.6 is 22.6 Å². The summed E-state index contributed by atoms with van der Waals surface area (Å²) in [4.78, 5) is 0. The van der Waals surface area contributed by atoms with Crippen molar-refractivity contribution in [1.82, 2.24) is 0 Å². The second-order valence-electron chi connectivity index (χ2n) is 4.32. The van der Waals surface area contributed by atoms with Crippen LogP contribution in [0.3, 0.4) is 0 Å². The van der Waals surface area contributed by atoms with E-state index in [0.29, 0.717) is 23.0 Å². The van der Waals surface area contributed by atoms with E-state index in [0.717, 1.165) is 6.07 Å². The van der Waals surface area contributed by atoms with Crippen molar-refractivity contribution >= 4 is 22.6 Å². The highest BCUT2D eigenvalue weighted by Gasteiger charge is 2.42. The van der Waals surface area contributed by atoms with Gasteiger partial charge in [-0.15, -0.1) is 0 Å². The summed E-state index contributed by atoms with van der Waals surface area (Å²) < 4.78 is 32.9. The zero-order valence-electron chi connectivity index (χ0n) is 9.13. The lowest BCUT2D eigenvalue weighted by Gasteiger charge is -2.27. The minimum atomic E-state index is -0.730. The van der Waals surface area contributed by atoms with Crippen molar-refractivity contribution in [2.45, 2.75) is 12.0 Å². The van der Waals surface area contributed by atoms with Crippen molar-refractivity contribution in [3.63, 3.8) is 0 Å². The SMILES string of the molecule is OC[C@H]1CO[C@](CI)(c2ccc(F)cc2F)C1. The maximum atomic E-state index is 13.8. The van der Waals surface area contributed by atoms with Gasteiger partial charge in [0, 0.05) is 28.6 Å². The number of aliphatic hydroxyl groups is 1. The Morgan fingerprint density at radius 3 is 2.76 bits per heavy atom. The first-order valence-corrected chi connectivity index (χ1v) is 6.90. The van der Waals surface area contributed by atoms with E-state index in [1.54, 1.807) is 0 Å². The van der Waals surface area contributed by atoms with Crippen molar-refractivity contribution < 1.29 is 18.6 Å². The van der Waals surface area contributed by atoms with Gasteiger partial charge in [0.25, 0.3) is 0 Å². The van der Waals surface area contributed by atoms with E-state index in [4.69, 9.17) is 9.84 Å². The molecular weight excluding hydrogens is 341 g/mol. The molecule has 0 saturated carbocycles. The summed E-state index contributed by atoms with van der Waals surface area (Å²) in [5.74, 6) is -1.15. The normalized spacial score (nSPS) is 28.6. The van der Waals surface area contributed by atoms with Crippen LogP contribution in [0.25, 0.3) is 0 Å². The highest BCUT2D eigenvalue weighted by Crippen LogP contribution is 2.41. The Kier molecular flexibility index (Phi) is 3.99. The maximum absolute atomic E-state index is 13.8. The summed E-state index contributed by atoms with van der Waals surface area (Å²) in [6.45, 7) is 0.442. The lowest BCUT2D eigenvalue weighted by molar-refractivity contribution is 0.0186. The smallest absolute Gasteiger partial charge is 0.132 e. The summed E-state index contributed by atoms with van der Waals surface area (Å²) in [7, 11) is 0. The van der Waals surface area contributed by atoms with Gasteiger partial charge in [-0.3, -0.25) is 0 Å². The molecule has 94 valence electrons. The molecule has 5 heteroatoms. The quantitative estimate of drug-likeness (QED) is 0.668. The fourth-order valence-electron chi connectivity index (χ4n) is 2.19. The van der Waals surface area contributed by atoms with Crippen LogP contribution in [0.1, 0.15) is 12.0 Å². The molecule has 0 aliphatic carbocycles. The molecule has 2 rings (SSSR count). The third-order valence-corrected chi connectivity index (χ3v) is 4.34.